The van der Waals surface area contributed by atoms with Gasteiger partial charge in [0.25, 0.3) is 5.91 Å². The van der Waals surface area contributed by atoms with Crippen molar-refractivity contribution in [3.8, 4) is 11.5 Å². The number of phenolic OH excluding ortho intramolecular Hbond substituents is 1. The number of hydrogen-bond acceptors (Lipinski definition) is 5. The minimum atomic E-state index is -1.49. The van der Waals surface area contributed by atoms with Crippen LogP contribution in [0.1, 0.15) is 27.9 Å². The zero-order chi connectivity index (χ0) is 27.6. The lowest BCUT2D eigenvalue weighted by Crippen LogP contribution is -2.31. The Morgan fingerprint density at radius 3 is 2.46 bits per heavy atom. The van der Waals surface area contributed by atoms with E-state index in [9.17, 15) is 18.9 Å². The molecule has 9 heteroatoms. The van der Waals surface area contributed by atoms with Crippen LogP contribution in [0.25, 0.3) is 10.8 Å². The van der Waals surface area contributed by atoms with Gasteiger partial charge in [-0.15, -0.1) is 0 Å². The van der Waals surface area contributed by atoms with E-state index in [4.69, 9.17) is 4.18 Å². The van der Waals surface area contributed by atoms with Crippen molar-refractivity contribution in [1.82, 2.24) is 10.6 Å². The van der Waals surface area contributed by atoms with E-state index < -0.39 is 11.1 Å². The monoisotopic (exact) mass is 545 g/mol. The first kappa shape index (κ1) is 27.7. The topological polar surface area (TPSA) is 117 Å². The Labute approximate surface area is 230 Å². The molecule has 0 aromatic heterocycles. The van der Waals surface area contributed by atoms with Gasteiger partial charge in [0.15, 0.2) is 0 Å². The molecule has 1 atom stereocenters. The van der Waals surface area contributed by atoms with Crippen LogP contribution in [0.2, 0.25) is 0 Å². The van der Waals surface area contributed by atoms with Gasteiger partial charge in [-0.05, 0) is 54.5 Å². The Balaban J connectivity index is 1.22. The van der Waals surface area contributed by atoms with Gasteiger partial charge in [0, 0.05) is 24.2 Å². The number of rotatable bonds is 11. The van der Waals surface area contributed by atoms with Crippen molar-refractivity contribution in [1.29, 1.82) is 0 Å². The van der Waals surface area contributed by atoms with Gasteiger partial charge in [-0.1, -0.05) is 66.7 Å². The second-order valence-electron chi connectivity index (χ2n) is 8.94. The van der Waals surface area contributed by atoms with Crippen molar-refractivity contribution >= 4 is 39.5 Å². The van der Waals surface area contributed by atoms with Crippen LogP contribution < -0.4 is 20.1 Å². The smallest absolute Gasteiger partial charge is 0.319 e. The summed E-state index contributed by atoms with van der Waals surface area (Å²) in [6, 6.07) is 25.1. The van der Waals surface area contributed by atoms with Gasteiger partial charge in [0.05, 0.1) is 11.3 Å². The van der Waals surface area contributed by atoms with Crippen LogP contribution in [0.15, 0.2) is 84.9 Å². The molecule has 3 amide bonds. The molecule has 4 aromatic carbocycles. The van der Waals surface area contributed by atoms with Gasteiger partial charge in [0.2, 0.25) is 11.1 Å². The summed E-state index contributed by atoms with van der Waals surface area (Å²) in [4.78, 5) is 25.1. The van der Waals surface area contributed by atoms with Crippen molar-refractivity contribution in [3.63, 3.8) is 0 Å². The fourth-order valence-electron chi connectivity index (χ4n) is 4.05. The molecule has 0 spiro atoms. The summed E-state index contributed by atoms with van der Waals surface area (Å²) in [5.74, 6) is 0.459. The molecule has 0 aliphatic heterocycles. The van der Waals surface area contributed by atoms with Gasteiger partial charge in [-0.25, -0.2) is 9.00 Å². The first-order valence-electron chi connectivity index (χ1n) is 12.7. The van der Waals surface area contributed by atoms with Crippen molar-refractivity contribution in [2.45, 2.75) is 19.8 Å². The third-order valence-corrected chi connectivity index (χ3v) is 7.13. The molecule has 0 aliphatic carbocycles. The number of nitrogens with one attached hydrogen (secondary N) is 3. The highest BCUT2D eigenvalue weighted by Gasteiger charge is 2.14. The number of aromatic hydroxyl groups is 1. The third kappa shape index (κ3) is 7.58. The number of carbonyl (C=O) groups is 2. The van der Waals surface area contributed by atoms with Crippen molar-refractivity contribution < 1.29 is 23.1 Å². The van der Waals surface area contributed by atoms with Crippen LogP contribution in [0, 0.1) is 6.92 Å². The molecule has 4 N–H and O–H groups in total. The summed E-state index contributed by atoms with van der Waals surface area (Å²) in [6.07, 6.45) is 0.965. The average molecular weight is 546 g/mol. The molecule has 39 heavy (non-hydrogen) atoms. The van der Waals surface area contributed by atoms with Crippen LogP contribution in [-0.4, -0.2) is 40.1 Å². The van der Waals surface area contributed by atoms with Crippen LogP contribution in [0.4, 0.5) is 10.5 Å². The van der Waals surface area contributed by atoms with Crippen LogP contribution in [0.3, 0.4) is 0 Å². The van der Waals surface area contributed by atoms with E-state index in [1.54, 1.807) is 30.3 Å². The van der Waals surface area contributed by atoms with Crippen molar-refractivity contribution in [3.05, 3.63) is 102 Å². The molecule has 0 bridgehead atoms. The predicted octanol–water partition coefficient (Wildman–Crippen LogP) is 5.08. The number of carbonyl (C=O) groups excluding carboxylic acids is 2. The number of urea groups is 1. The second kappa shape index (κ2) is 13.4. The maximum atomic E-state index is 12.7. The van der Waals surface area contributed by atoms with E-state index in [-0.39, 0.29) is 29.0 Å². The third-order valence-electron chi connectivity index (χ3n) is 6.14. The quantitative estimate of drug-likeness (QED) is 0.196. The first-order valence-corrected chi connectivity index (χ1v) is 13.9. The van der Waals surface area contributed by atoms with Gasteiger partial charge in [-0.3, -0.25) is 4.79 Å². The second-order valence-corrected chi connectivity index (χ2v) is 10.1. The Morgan fingerprint density at radius 1 is 0.872 bits per heavy atom. The number of hydrogen-bond donors (Lipinski definition) is 4. The molecule has 1 unspecified atom stereocenters. The number of anilines is 1. The molecule has 8 nitrogen and oxygen atoms in total. The highest BCUT2D eigenvalue weighted by molar-refractivity contribution is 7.80. The van der Waals surface area contributed by atoms with E-state index in [1.165, 1.54) is 0 Å². The summed E-state index contributed by atoms with van der Waals surface area (Å²) < 4.78 is 17.6. The highest BCUT2D eigenvalue weighted by atomic mass is 32.2. The minimum Gasteiger partial charge on any atom is -0.506 e. The van der Waals surface area contributed by atoms with Crippen molar-refractivity contribution in [2.75, 3.05) is 24.2 Å². The van der Waals surface area contributed by atoms with Gasteiger partial charge < -0.3 is 25.2 Å². The SMILES string of the molecule is Cc1ccccc1OS(=O)CCCNC(=O)Nc1ccccc1CCNC(=O)c1ccc2ccccc2c1O. The summed E-state index contributed by atoms with van der Waals surface area (Å²) in [5.41, 5.74) is 2.60. The zero-order valence-corrected chi connectivity index (χ0v) is 22.4. The summed E-state index contributed by atoms with van der Waals surface area (Å²) >= 11 is -1.49. The van der Waals surface area contributed by atoms with Crippen molar-refractivity contribution in [2.24, 2.45) is 0 Å². The number of benzene rings is 4. The van der Waals surface area contributed by atoms with E-state index in [0.29, 0.717) is 42.8 Å². The molecular formula is C30H31N3O5S. The average Bonchev–Trinajstić information content (AvgIpc) is 2.93. The van der Waals surface area contributed by atoms with E-state index in [0.717, 1.165) is 16.5 Å². The Morgan fingerprint density at radius 2 is 1.62 bits per heavy atom. The maximum absolute atomic E-state index is 12.7. The largest absolute Gasteiger partial charge is 0.506 e. The molecule has 4 aromatic rings. The molecule has 0 fully saturated rings. The van der Waals surface area contributed by atoms with E-state index >= 15 is 0 Å². The highest BCUT2D eigenvalue weighted by Crippen LogP contribution is 2.28. The minimum absolute atomic E-state index is 0.0464. The molecule has 0 saturated heterocycles. The number of aryl methyl sites for hydroxylation is 1. The molecule has 0 heterocycles. The molecule has 0 saturated carbocycles. The van der Waals surface area contributed by atoms with Gasteiger partial charge in [0.1, 0.15) is 11.5 Å². The molecule has 0 radical (unpaired) electrons. The van der Waals surface area contributed by atoms with Gasteiger partial charge >= 0.3 is 6.03 Å². The number of phenols is 1. The number of para-hydroxylation sites is 2. The van der Waals surface area contributed by atoms with Crippen LogP contribution >= 0.6 is 0 Å². The fraction of sp³-hybridized carbons (Fsp3) is 0.200. The zero-order valence-electron chi connectivity index (χ0n) is 21.6. The lowest BCUT2D eigenvalue weighted by molar-refractivity contribution is 0.0951. The summed E-state index contributed by atoms with van der Waals surface area (Å²) in [7, 11) is 0. The lowest BCUT2D eigenvalue weighted by Gasteiger charge is -2.13. The van der Waals surface area contributed by atoms with Gasteiger partial charge in [-0.2, -0.15) is 0 Å². The normalized spacial score (nSPS) is 11.5. The summed E-state index contributed by atoms with van der Waals surface area (Å²) in [6.45, 7) is 2.54. The predicted molar refractivity (Wildman–Crippen MR) is 155 cm³/mol. The first-order chi connectivity index (χ1) is 18.9. The van der Waals surface area contributed by atoms with Crippen LogP contribution in [0.5, 0.6) is 11.5 Å². The molecular weight excluding hydrogens is 514 g/mol. The Bertz CT molecular complexity index is 1490. The maximum Gasteiger partial charge on any atom is 0.319 e. The molecule has 202 valence electrons. The molecule has 0 aliphatic rings. The number of fused-ring (bicyclic) bond motifs is 1. The fourth-order valence-corrected chi connectivity index (χ4v) is 4.91. The lowest BCUT2D eigenvalue weighted by atomic mass is 10.0. The molecule has 4 rings (SSSR count). The Hall–Kier alpha value is -4.37. The number of amides is 3. The van der Waals surface area contributed by atoms with E-state index in [2.05, 4.69) is 16.0 Å². The summed E-state index contributed by atoms with van der Waals surface area (Å²) in [5, 5.41) is 20.5. The standard InChI is InChI=1S/C30H31N3O5S/c1-21-9-2-7-14-27(21)38-39(37)20-8-18-32-30(36)33-26-13-6-4-11-23(26)17-19-31-29(35)25-16-15-22-10-3-5-12-24(22)28(25)34/h2-7,9-16,34H,8,17-20H2,1H3,(H,31,35)(H2,32,33,36). The van der Waals surface area contributed by atoms with E-state index in [1.807, 2.05) is 61.5 Å². The Kier molecular flexibility index (Phi) is 9.53. The van der Waals surface area contributed by atoms with Crippen LogP contribution in [-0.2, 0) is 17.5 Å².